The normalized spacial score (nSPS) is 18.8. The van der Waals surface area contributed by atoms with Gasteiger partial charge in [0.1, 0.15) is 0 Å². The van der Waals surface area contributed by atoms with Gasteiger partial charge in [-0.15, -0.1) is 0 Å². The summed E-state index contributed by atoms with van der Waals surface area (Å²) in [6.07, 6.45) is 2.73. The van der Waals surface area contributed by atoms with Crippen molar-refractivity contribution in [3.63, 3.8) is 0 Å². The molecule has 156 valence electrons. The highest BCUT2D eigenvalue weighted by molar-refractivity contribution is 6.41. The molecular formula is C25H29N3O2. The van der Waals surface area contributed by atoms with Gasteiger partial charge in [0.05, 0.1) is 11.3 Å². The van der Waals surface area contributed by atoms with E-state index in [1.165, 1.54) is 4.90 Å². The zero-order valence-corrected chi connectivity index (χ0v) is 18.0. The number of para-hydroxylation sites is 1. The van der Waals surface area contributed by atoms with Crippen LogP contribution in [0.5, 0.6) is 0 Å². The molecule has 0 bridgehead atoms. The second-order valence-corrected chi connectivity index (χ2v) is 7.94. The van der Waals surface area contributed by atoms with Crippen LogP contribution in [-0.2, 0) is 11.2 Å². The number of likely N-dealkylation sites (N-methyl/N-ethyl adjacent to an activating group) is 1. The molecule has 5 heteroatoms. The number of carbonyl (C=O) groups is 2. The third-order valence-corrected chi connectivity index (χ3v) is 6.18. The fraction of sp³-hybridized carbons (Fsp3) is 0.360. The Bertz CT molecular complexity index is 1000. The van der Waals surface area contributed by atoms with E-state index in [0.29, 0.717) is 11.1 Å². The smallest absolute Gasteiger partial charge is 0.267 e. The van der Waals surface area contributed by atoms with Gasteiger partial charge in [0.25, 0.3) is 11.8 Å². The molecule has 2 amide bonds. The first kappa shape index (κ1) is 20.4. The number of piperazine rings is 1. The molecule has 0 spiro atoms. The summed E-state index contributed by atoms with van der Waals surface area (Å²) in [4.78, 5) is 33.1. The van der Waals surface area contributed by atoms with Gasteiger partial charge < -0.3 is 9.80 Å². The van der Waals surface area contributed by atoms with Crippen molar-refractivity contribution in [1.82, 2.24) is 9.80 Å². The Kier molecular flexibility index (Phi) is 5.73. The van der Waals surface area contributed by atoms with Crippen LogP contribution in [0.3, 0.4) is 0 Å². The average molecular weight is 404 g/mol. The maximum Gasteiger partial charge on any atom is 0.267 e. The van der Waals surface area contributed by atoms with E-state index in [1.54, 1.807) is 0 Å². The molecule has 0 aliphatic carbocycles. The van der Waals surface area contributed by atoms with Crippen LogP contribution in [0.2, 0.25) is 0 Å². The fourth-order valence-electron chi connectivity index (χ4n) is 4.40. The molecule has 2 heterocycles. The first-order valence-corrected chi connectivity index (χ1v) is 10.8. The molecule has 0 radical (unpaired) electrons. The summed E-state index contributed by atoms with van der Waals surface area (Å²) in [5, 5.41) is 0. The first-order valence-electron chi connectivity index (χ1n) is 10.8. The molecule has 2 aromatic carbocycles. The van der Waals surface area contributed by atoms with E-state index < -0.39 is 0 Å². The van der Waals surface area contributed by atoms with Gasteiger partial charge in [0, 0.05) is 43.5 Å². The van der Waals surface area contributed by atoms with Gasteiger partial charge in [0.2, 0.25) is 0 Å². The molecule has 0 unspecified atom stereocenters. The van der Waals surface area contributed by atoms with E-state index in [2.05, 4.69) is 23.6 Å². The van der Waals surface area contributed by atoms with E-state index in [9.17, 15) is 9.59 Å². The van der Waals surface area contributed by atoms with Crippen molar-refractivity contribution in [3.05, 3.63) is 70.9 Å². The number of imide groups is 1. The number of fused-ring (bicyclic) bond motifs is 1. The summed E-state index contributed by atoms with van der Waals surface area (Å²) in [6, 6.07) is 13.4. The van der Waals surface area contributed by atoms with Crippen molar-refractivity contribution in [1.29, 1.82) is 0 Å². The van der Waals surface area contributed by atoms with Gasteiger partial charge in [-0.3, -0.25) is 9.59 Å². The summed E-state index contributed by atoms with van der Waals surface area (Å²) in [7, 11) is 0. The molecule has 0 N–H and O–H groups in total. The third-order valence-electron chi connectivity index (χ3n) is 6.18. The number of nitrogens with zero attached hydrogens (tertiary/aromatic N) is 3. The monoisotopic (exact) mass is 403 g/mol. The van der Waals surface area contributed by atoms with Gasteiger partial charge in [-0.05, 0) is 37.1 Å². The van der Waals surface area contributed by atoms with Crippen molar-refractivity contribution in [2.75, 3.05) is 37.6 Å². The Morgan fingerprint density at radius 3 is 2.23 bits per heavy atom. The van der Waals surface area contributed by atoms with Crippen molar-refractivity contribution < 1.29 is 9.59 Å². The maximum absolute atomic E-state index is 13.7. The minimum Gasteiger partial charge on any atom is -0.374 e. The Balaban J connectivity index is 1.80. The predicted molar refractivity (Wildman–Crippen MR) is 120 cm³/mol. The van der Waals surface area contributed by atoms with Crippen LogP contribution in [0.15, 0.2) is 48.7 Å². The maximum atomic E-state index is 13.7. The number of rotatable bonds is 4. The Morgan fingerprint density at radius 2 is 1.57 bits per heavy atom. The average Bonchev–Trinajstić information content (AvgIpc) is 2.78. The quantitative estimate of drug-likeness (QED) is 0.576. The number of amides is 2. The van der Waals surface area contributed by atoms with Gasteiger partial charge in [-0.2, -0.15) is 0 Å². The SMILES string of the molecule is CCc1cccc(C)c1N1C(=O)C(=CN2CCN(CC)CC2)c2ccccc2C1=O. The van der Waals surface area contributed by atoms with Crippen molar-refractivity contribution in [2.45, 2.75) is 27.2 Å². The van der Waals surface area contributed by atoms with Crippen molar-refractivity contribution in [3.8, 4) is 0 Å². The minimum atomic E-state index is -0.243. The van der Waals surface area contributed by atoms with E-state index >= 15 is 0 Å². The van der Waals surface area contributed by atoms with Crippen LogP contribution in [0, 0.1) is 6.92 Å². The van der Waals surface area contributed by atoms with Crippen molar-refractivity contribution >= 4 is 23.1 Å². The van der Waals surface area contributed by atoms with Gasteiger partial charge in [-0.1, -0.05) is 50.2 Å². The van der Waals surface area contributed by atoms with Crippen LogP contribution < -0.4 is 4.90 Å². The van der Waals surface area contributed by atoms with Crippen molar-refractivity contribution in [2.24, 2.45) is 0 Å². The fourth-order valence-corrected chi connectivity index (χ4v) is 4.40. The number of benzene rings is 2. The number of aryl methyl sites for hydroxylation is 2. The van der Waals surface area contributed by atoms with Crippen LogP contribution >= 0.6 is 0 Å². The van der Waals surface area contributed by atoms with Gasteiger partial charge in [0.15, 0.2) is 0 Å². The molecule has 4 rings (SSSR count). The third kappa shape index (κ3) is 3.54. The van der Waals surface area contributed by atoms with E-state index in [1.807, 2.05) is 55.6 Å². The second-order valence-electron chi connectivity index (χ2n) is 7.94. The lowest BCUT2D eigenvalue weighted by atomic mass is 9.92. The lowest BCUT2D eigenvalue weighted by molar-refractivity contribution is -0.112. The molecule has 1 saturated heterocycles. The Hall–Kier alpha value is -2.92. The molecule has 0 saturated carbocycles. The molecule has 30 heavy (non-hydrogen) atoms. The van der Waals surface area contributed by atoms with Crippen LogP contribution in [0.25, 0.3) is 5.57 Å². The topological polar surface area (TPSA) is 43.9 Å². The highest BCUT2D eigenvalue weighted by atomic mass is 16.2. The lowest BCUT2D eigenvalue weighted by Gasteiger charge is -2.35. The second kappa shape index (κ2) is 8.44. The van der Waals surface area contributed by atoms with Crippen LogP contribution in [0.1, 0.15) is 40.9 Å². The van der Waals surface area contributed by atoms with Crippen LogP contribution in [-0.4, -0.2) is 54.3 Å². The summed E-state index contributed by atoms with van der Waals surface area (Å²) >= 11 is 0. The Labute approximate surface area is 178 Å². The molecule has 5 nitrogen and oxygen atoms in total. The summed E-state index contributed by atoms with van der Waals surface area (Å²) < 4.78 is 0. The zero-order valence-electron chi connectivity index (χ0n) is 18.0. The highest BCUT2D eigenvalue weighted by Gasteiger charge is 2.37. The van der Waals surface area contributed by atoms with Gasteiger partial charge >= 0.3 is 0 Å². The predicted octanol–water partition coefficient (Wildman–Crippen LogP) is 3.72. The molecular weight excluding hydrogens is 374 g/mol. The number of hydrogen-bond acceptors (Lipinski definition) is 4. The summed E-state index contributed by atoms with van der Waals surface area (Å²) in [6.45, 7) is 11.0. The molecule has 2 aliphatic rings. The summed E-state index contributed by atoms with van der Waals surface area (Å²) in [5.41, 5.74) is 4.58. The molecule has 2 aromatic rings. The number of anilines is 1. The molecule has 2 aliphatic heterocycles. The number of hydrogen-bond donors (Lipinski definition) is 0. The molecule has 0 atom stereocenters. The van der Waals surface area contributed by atoms with E-state index in [-0.39, 0.29) is 11.8 Å². The van der Waals surface area contributed by atoms with E-state index in [4.69, 9.17) is 0 Å². The molecule has 0 aromatic heterocycles. The van der Waals surface area contributed by atoms with Gasteiger partial charge in [-0.25, -0.2) is 4.90 Å². The minimum absolute atomic E-state index is 0.236. The first-order chi connectivity index (χ1) is 14.5. The zero-order chi connectivity index (χ0) is 21.3. The largest absolute Gasteiger partial charge is 0.374 e. The summed E-state index contributed by atoms with van der Waals surface area (Å²) in [5.74, 6) is -0.479. The Morgan fingerprint density at radius 1 is 0.867 bits per heavy atom. The molecule has 1 fully saturated rings. The number of carbonyl (C=O) groups excluding carboxylic acids is 2. The van der Waals surface area contributed by atoms with Crippen LogP contribution in [0.4, 0.5) is 5.69 Å². The lowest BCUT2D eigenvalue weighted by Crippen LogP contribution is -2.46. The van der Waals surface area contributed by atoms with E-state index in [0.717, 1.165) is 61.5 Å². The standard InChI is InChI=1S/C25H29N3O2/c1-4-19-10-8-9-18(3)23(19)28-24(29)21-12-7-6-11-20(21)22(25(28)30)17-27-15-13-26(5-2)14-16-27/h6-12,17H,4-5,13-16H2,1-3H3. The highest BCUT2D eigenvalue weighted by Crippen LogP contribution is 2.36.